The first kappa shape index (κ1) is 40.3. The minimum atomic E-state index is -3.96. The van der Waals surface area contributed by atoms with Crippen molar-refractivity contribution in [3.05, 3.63) is 54.4 Å². The molecule has 314 valence electrons. The lowest BCUT2D eigenvalue weighted by molar-refractivity contribution is -0.142. The van der Waals surface area contributed by atoms with Gasteiger partial charge in [0.25, 0.3) is 5.91 Å². The second kappa shape index (κ2) is 15.3. The molecule has 16 nitrogen and oxygen atoms in total. The minimum Gasteiger partial charge on any atom is -0.493 e. The van der Waals surface area contributed by atoms with Crippen LogP contribution < -0.4 is 24.8 Å². The van der Waals surface area contributed by atoms with E-state index >= 15 is 0 Å². The number of pyridine rings is 1. The predicted octanol–water partition coefficient (Wildman–Crippen LogP) is 4.37. The summed E-state index contributed by atoms with van der Waals surface area (Å²) in [5.74, 6) is -2.71. The number of alkyl carbamates (subject to hydrolysis) is 1. The van der Waals surface area contributed by atoms with E-state index in [2.05, 4.69) is 15.4 Å². The summed E-state index contributed by atoms with van der Waals surface area (Å²) in [4.78, 5) is 62.0. The highest BCUT2D eigenvalue weighted by atomic mass is 32.2. The SMILES string of the molecule is COc1cccc2c1oc1c(O[C@@H]3C[C@H]4C(=O)N[C@]5(C(=O)NS(=O)(=O)C6CC6)C[C@H]5/C=C\CCCOC[C@H](NC(=O)OC(C)(C)C)C(=O)N4C3)c3ccc(F)cc3nc12. The van der Waals surface area contributed by atoms with Gasteiger partial charge in [-0.2, -0.15) is 0 Å². The van der Waals surface area contributed by atoms with Crippen molar-refractivity contribution in [3.63, 3.8) is 0 Å². The summed E-state index contributed by atoms with van der Waals surface area (Å²) in [6.45, 7) is 4.83. The normalized spacial score (nSPS) is 25.9. The molecule has 3 N–H and O–H groups in total. The number of ether oxygens (including phenoxy) is 4. The average molecular weight is 836 g/mol. The van der Waals surface area contributed by atoms with Crippen molar-refractivity contribution in [3.8, 4) is 11.5 Å². The summed E-state index contributed by atoms with van der Waals surface area (Å²) in [5, 5.41) is 5.75. The third-order valence-corrected chi connectivity index (χ3v) is 12.7. The van der Waals surface area contributed by atoms with Crippen molar-refractivity contribution in [2.45, 2.75) is 93.9 Å². The predicted molar refractivity (Wildman–Crippen MR) is 211 cm³/mol. The van der Waals surface area contributed by atoms with Crippen LogP contribution in [0.4, 0.5) is 9.18 Å². The molecule has 2 aromatic heterocycles. The Balaban J connectivity index is 1.17. The zero-order valence-corrected chi connectivity index (χ0v) is 33.9. The fourth-order valence-corrected chi connectivity index (χ4v) is 9.12. The van der Waals surface area contributed by atoms with Crippen LogP contribution in [0.1, 0.15) is 59.3 Å². The molecule has 18 heteroatoms. The molecule has 4 aromatic rings. The monoisotopic (exact) mass is 835 g/mol. The number of benzene rings is 2. The van der Waals surface area contributed by atoms with E-state index in [1.165, 1.54) is 30.2 Å². The zero-order valence-electron chi connectivity index (χ0n) is 33.0. The molecule has 4 aliphatic rings. The highest BCUT2D eigenvalue weighted by Crippen LogP contribution is 2.47. The third-order valence-electron chi connectivity index (χ3n) is 10.9. The first-order chi connectivity index (χ1) is 28.1. The van der Waals surface area contributed by atoms with Crippen LogP contribution in [0.15, 0.2) is 53.0 Å². The molecule has 8 rings (SSSR count). The van der Waals surface area contributed by atoms with E-state index in [9.17, 15) is 32.0 Å². The number of allylic oxidation sites excluding steroid dienone is 1. The number of fused-ring (bicyclic) bond motifs is 6. The van der Waals surface area contributed by atoms with E-state index in [1.54, 1.807) is 45.0 Å². The third kappa shape index (κ3) is 8.11. The number of carbonyl (C=O) groups is 4. The number of amides is 4. The van der Waals surface area contributed by atoms with Crippen LogP contribution in [0.3, 0.4) is 0 Å². The molecule has 2 aliphatic heterocycles. The molecule has 0 radical (unpaired) electrons. The second-order valence-electron chi connectivity index (χ2n) is 16.5. The summed E-state index contributed by atoms with van der Waals surface area (Å²) in [7, 11) is -2.46. The van der Waals surface area contributed by atoms with Crippen molar-refractivity contribution in [2.24, 2.45) is 5.92 Å². The number of furan rings is 1. The maximum absolute atomic E-state index is 14.6. The van der Waals surface area contributed by atoms with Crippen LogP contribution >= 0.6 is 0 Å². The van der Waals surface area contributed by atoms with Gasteiger partial charge in [-0.1, -0.05) is 18.2 Å². The lowest BCUT2D eigenvalue weighted by atomic mass is 10.1. The standard InChI is InChI=1S/C41H46FN5O11S/c1-40(2,3)58-39(51)44-29-21-55-16-7-5-6-9-22-19-41(22,38(50)46-59(52,53)25-13-14-25)45-36(48)30-18-24(20-47(30)37(29)49)56-34-26-15-12-23(42)17-28(26)43-32-27-10-8-11-31(54-4)33(27)57-35(32)34/h6,8-12,15,17,22,24-25,29-30H,5,7,13-14,16,18-21H2,1-4H3,(H,44,51)(H,45,48)(H,46,50)/b9-6-/t22-,24-,29+,30+,41-/m1/s1. The van der Waals surface area contributed by atoms with Gasteiger partial charge in [0.15, 0.2) is 22.7 Å². The van der Waals surface area contributed by atoms with Gasteiger partial charge >= 0.3 is 6.09 Å². The average Bonchev–Trinajstić information content (AvgIpc) is 4.07. The number of hydrogen-bond acceptors (Lipinski definition) is 12. The molecule has 4 amide bonds. The van der Waals surface area contributed by atoms with Gasteiger partial charge in [-0.3, -0.25) is 19.1 Å². The molecule has 5 atom stereocenters. The molecule has 0 spiro atoms. The summed E-state index contributed by atoms with van der Waals surface area (Å²) >= 11 is 0. The minimum absolute atomic E-state index is 0.105. The quantitative estimate of drug-likeness (QED) is 0.222. The van der Waals surface area contributed by atoms with E-state index in [1.807, 2.05) is 6.08 Å². The molecule has 1 saturated heterocycles. The maximum Gasteiger partial charge on any atom is 0.408 e. The molecule has 59 heavy (non-hydrogen) atoms. The first-order valence-electron chi connectivity index (χ1n) is 19.6. The maximum atomic E-state index is 14.6. The van der Waals surface area contributed by atoms with Crippen LogP contribution in [0.2, 0.25) is 0 Å². The van der Waals surface area contributed by atoms with Gasteiger partial charge in [-0.05, 0) is 77.1 Å². The summed E-state index contributed by atoms with van der Waals surface area (Å²) in [6.07, 6.45) is 3.81. The highest BCUT2D eigenvalue weighted by molar-refractivity contribution is 7.91. The Kier molecular flexibility index (Phi) is 10.4. The summed E-state index contributed by atoms with van der Waals surface area (Å²) in [6, 6.07) is 6.71. The second-order valence-corrected chi connectivity index (χ2v) is 18.5. The number of methoxy groups -OCH3 is 1. The Hall–Kier alpha value is -5.49. The van der Waals surface area contributed by atoms with Crippen molar-refractivity contribution < 1.29 is 55.4 Å². The Morgan fingerprint density at radius 3 is 2.64 bits per heavy atom. The molecular formula is C41H46FN5O11S. The molecular weight excluding hydrogens is 790 g/mol. The number of nitrogens with one attached hydrogen (secondary N) is 3. The summed E-state index contributed by atoms with van der Waals surface area (Å²) < 4.78 is 72.5. The fourth-order valence-electron chi connectivity index (χ4n) is 7.75. The highest BCUT2D eigenvalue weighted by Gasteiger charge is 2.62. The van der Waals surface area contributed by atoms with Gasteiger partial charge in [0.2, 0.25) is 21.8 Å². The van der Waals surface area contributed by atoms with Gasteiger partial charge < -0.3 is 38.9 Å². The van der Waals surface area contributed by atoms with E-state index in [4.69, 9.17) is 28.3 Å². The van der Waals surface area contributed by atoms with Crippen LogP contribution in [0, 0.1) is 11.7 Å². The Labute approximate surface area is 339 Å². The first-order valence-corrected chi connectivity index (χ1v) is 21.2. The van der Waals surface area contributed by atoms with Crippen molar-refractivity contribution in [2.75, 3.05) is 26.9 Å². The fraction of sp³-hybridized carbons (Fsp3) is 0.488. The van der Waals surface area contributed by atoms with Crippen molar-refractivity contribution >= 4 is 66.8 Å². The van der Waals surface area contributed by atoms with Gasteiger partial charge in [0.1, 0.15) is 40.7 Å². The van der Waals surface area contributed by atoms with Gasteiger partial charge in [0, 0.05) is 30.4 Å². The van der Waals surface area contributed by atoms with Crippen LogP contribution in [-0.2, 0) is 33.9 Å². The van der Waals surface area contributed by atoms with E-state index < -0.39 is 80.2 Å². The van der Waals surface area contributed by atoms with E-state index in [0.29, 0.717) is 53.3 Å². The smallest absolute Gasteiger partial charge is 0.408 e. The molecule has 3 fully saturated rings. The van der Waals surface area contributed by atoms with Crippen LogP contribution in [0.5, 0.6) is 11.5 Å². The van der Waals surface area contributed by atoms with Crippen LogP contribution in [0.25, 0.3) is 33.0 Å². The number of halogens is 1. The Morgan fingerprint density at radius 2 is 1.90 bits per heavy atom. The van der Waals surface area contributed by atoms with E-state index in [0.717, 1.165) is 0 Å². The van der Waals surface area contributed by atoms with Crippen molar-refractivity contribution in [1.82, 2.24) is 25.2 Å². The number of para-hydroxylation sites is 1. The van der Waals surface area contributed by atoms with Gasteiger partial charge in [-0.25, -0.2) is 22.6 Å². The Bertz CT molecular complexity index is 2500. The molecule has 4 heterocycles. The number of sulfonamides is 1. The van der Waals surface area contributed by atoms with Crippen molar-refractivity contribution in [1.29, 1.82) is 0 Å². The van der Waals surface area contributed by atoms with E-state index in [-0.39, 0.29) is 49.4 Å². The number of aromatic nitrogens is 1. The molecule has 0 unspecified atom stereocenters. The topological polar surface area (TPSA) is 205 Å². The van der Waals surface area contributed by atoms with Gasteiger partial charge in [0.05, 0.1) is 36.4 Å². The molecule has 2 aliphatic carbocycles. The number of nitrogens with zero attached hydrogens (tertiary/aromatic N) is 2. The Morgan fingerprint density at radius 1 is 1.10 bits per heavy atom. The summed E-state index contributed by atoms with van der Waals surface area (Å²) in [5.41, 5.74) is -1.25. The number of hydrogen-bond donors (Lipinski definition) is 3. The largest absolute Gasteiger partial charge is 0.493 e. The molecule has 2 aromatic carbocycles. The molecule has 0 bridgehead atoms. The van der Waals surface area contributed by atoms with Gasteiger partial charge in [-0.15, -0.1) is 0 Å². The zero-order chi connectivity index (χ0) is 41.9. The lowest BCUT2D eigenvalue weighted by Crippen LogP contribution is -2.59. The number of rotatable bonds is 7. The van der Waals surface area contributed by atoms with Crippen LogP contribution in [-0.4, -0.2) is 104 Å². The number of carbonyl (C=O) groups excluding carboxylic acids is 4. The molecule has 2 saturated carbocycles. The lowest BCUT2D eigenvalue weighted by Gasteiger charge is -2.30.